The first-order valence-electron chi connectivity index (χ1n) is 5.85. The molecule has 1 aliphatic heterocycles. The van der Waals surface area contributed by atoms with Crippen molar-refractivity contribution in [2.24, 2.45) is 5.92 Å². The van der Waals surface area contributed by atoms with Gasteiger partial charge in [0.1, 0.15) is 0 Å². The second-order valence-corrected chi connectivity index (χ2v) is 4.91. The van der Waals surface area contributed by atoms with Gasteiger partial charge in [-0.05, 0) is 25.2 Å². The Balaban J connectivity index is 1.71. The number of carbonyl (C=O) groups excluding carboxylic acids is 1. The van der Waals surface area contributed by atoms with Gasteiger partial charge in [-0.2, -0.15) is 0 Å². The van der Waals surface area contributed by atoms with Gasteiger partial charge < -0.3 is 10.4 Å². The zero-order valence-electron chi connectivity index (χ0n) is 9.28. The van der Waals surface area contributed by atoms with Gasteiger partial charge in [0.15, 0.2) is 0 Å². The highest BCUT2D eigenvalue weighted by atomic mass is 16.3. The first-order chi connectivity index (χ1) is 7.15. The third-order valence-corrected chi connectivity index (χ3v) is 3.25. The highest BCUT2D eigenvalue weighted by molar-refractivity contribution is 5.78. The minimum Gasteiger partial charge on any atom is -0.393 e. The molecule has 15 heavy (non-hydrogen) atoms. The van der Waals surface area contributed by atoms with Crippen LogP contribution in [-0.4, -0.2) is 47.7 Å². The van der Waals surface area contributed by atoms with Crippen LogP contribution in [0.4, 0.5) is 0 Å². The molecular formula is C11H20N2O2. The molecule has 4 nitrogen and oxygen atoms in total. The minimum absolute atomic E-state index is 0.140. The van der Waals surface area contributed by atoms with E-state index in [4.69, 9.17) is 0 Å². The summed E-state index contributed by atoms with van der Waals surface area (Å²) in [7, 11) is 0. The molecule has 1 saturated heterocycles. The molecule has 0 bridgehead atoms. The average molecular weight is 212 g/mol. The summed E-state index contributed by atoms with van der Waals surface area (Å²) in [4.78, 5) is 13.7. The molecule has 0 spiro atoms. The molecule has 4 heteroatoms. The van der Waals surface area contributed by atoms with Crippen LogP contribution in [0, 0.1) is 5.92 Å². The molecule has 2 N–H and O–H groups in total. The highest BCUT2D eigenvalue weighted by Crippen LogP contribution is 2.19. The Morgan fingerprint density at radius 2 is 2.20 bits per heavy atom. The molecule has 2 rings (SSSR count). The van der Waals surface area contributed by atoms with E-state index in [1.807, 2.05) is 6.92 Å². The second-order valence-electron chi connectivity index (χ2n) is 4.91. The lowest BCUT2D eigenvalue weighted by Gasteiger charge is -2.33. The third kappa shape index (κ3) is 3.18. The van der Waals surface area contributed by atoms with Gasteiger partial charge in [-0.15, -0.1) is 0 Å². The first kappa shape index (κ1) is 10.9. The summed E-state index contributed by atoms with van der Waals surface area (Å²) in [5, 5.41) is 12.5. The van der Waals surface area contributed by atoms with Crippen LogP contribution in [0.5, 0.6) is 0 Å². The number of likely N-dealkylation sites (tertiary alicyclic amines) is 1. The number of aliphatic hydroxyl groups is 1. The van der Waals surface area contributed by atoms with E-state index in [1.54, 1.807) is 0 Å². The van der Waals surface area contributed by atoms with Crippen LogP contribution in [-0.2, 0) is 4.79 Å². The van der Waals surface area contributed by atoms with E-state index in [1.165, 1.54) is 0 Å². The fourth-order valence-corrected chi connectivity index (χ4v) is 2.07. The van der Waals surface area contributed by atoms with Gasteiger partial charge in [-0.3, -0.25) is 9.69 Å². The fourth-order valence-electron chi connectivity index (χ4n) is 2.07. The largest absolute Gasteiger partial charge is 0.393 e. The molecule has 2 aliphatic rings. The van der Waals surface area contributed by atoms with Gasteiger partial charge in [0.2, 0.25) is 5.91 Å². The van der Waals surface area contributed by atoms with Crippen molar-refractivity contribution in [3.63, 3.8) is 0 Å². The molecular weight excluding hydrogens is 192 g/mol. The van der Waals surface area contributed by atoms with E-state index < -0.39 is 0 Å². The van der Waals surface area contributed by atoms with Crippen LogP contribution in [0.1, 0.15) is 26.2 Å². The maximum atomic E-state index is 11.5. The summed E-state index contributed by atoms with van der Waals surface area (Å²) in [6, 6.07) is 0.449. The normalized spacial score (nSPS) is 32.7. The number of nitrogens with one attached hydrogen (secondary N) is 1. The lowest BCUT2D eigenvalue weighted by molar-refractivity contribution is -0.123. The number of amides is 1. The van der Waals surface area contributed by atoms with Gasteiger partial charge in [0.25, 0.3) is 0 Å². The second kappa shape index (κ2) is 4.49. The molecule has 2 atom stereocenters. The SMILES string of the molecule is CC1CN(CC(=O)NC2CC2)CCC1O. The van der Waals surface area contributed by atoms with Gasteiger partial charge in [-0.25, -0.2) is 0 Å². The summed E-state index contributed by atoms with van der Waals surface area (Å²) in [5.41, 5.74) is 0. The van der Waals surface area contributed by atoms with E-state index in [9.17, 15) is 9.90 Å². The smallest absolute Gasteiger partial charge is 0.234 e. The quantitative estimate of drug-likeness (QED) is 0.690. The average Bonchev–Trinajstić information content (AvgIpc) is 2.95. The summed E-state index contributed by atoms with van der Waals surface area (Å²) < 4.78 is 0. The van der Waals surface area contributed by atoms with Crippen molar-refractivity contribution in [3.8, 4) is 0 Å². The number of carbonyl (C=O) groups is 1. The van der Waals surface area contributed by atoms with Crippen molar-refractivity contribution in [3.05, 3.63) is 0 Å². The zero-order chi connectivity index (χ0) is 10.8. The predicted molar refractivity (Wildman–Crippen MR) is 57.4 cm³/mol. The maximum absolute atomic E-state index is 11.5. The Bertz CT molecular complexity index is 241. The predicted octanol–water partition coefficient (Wildman–Crippen LogP) is -0.0323. The van der Waals surface area contributed by atoms with Crippen LogP contribution < -0.4 is 5.32 Å². The Kier molecular flexibility index (Phi) is 3.26. The monoisotopic (exact) mass is 212 g/mol. The Hall–Kier alpha value is -0.610. The Morgan fingerprint density at radius 3 is 2.80 bits per heavy atom. The Labute approximate surface area is 90.6 Å². The van der Waals surface area contributed by atoms with Crippen LogP contribution in [0.15, 0.2) is 0 Å². The summed E-state index contributed by atoms with van der Waals surface area (Å²) in [6.45, 7) is 4.20. The van der Waals surface area contributed by atoms with Crippen LogP contribution in [0.3, 0.4) is 0 Å². The van der Waals surface area contributed by atoms with Crippen molar-refractivity contribution in [2.45, 2.75) is 38.3 Å². The topological polar surface area (TPSA) is 52.6 Å². The lowest BCUT2D eigenvalue weighted by atomic mass is 9.97. The highest BCUT2D eigenvalue weighted by Gasteiger charge is 2.27. The van der Waals surface area contributed by atoms with Gasteiger partial charge in [0.05, 0.1) is 12.6 Å². The van der Waals surface area contributed by atoms with Crippen LogP contribution in [0.25, 0.3) is 0 Å². The van der Waals surface area contributed by atoms with E-state index in [-0.39, 0.29) is 17.9 Å². The first-order valence-corrected chi connectivity index (χ1v) is 5.85. The number of rotatable bonds is 3. The van der Waals surface area contributed by atoms with E-state index >= 15 is 0 Å². The van der Waals surface area contributed by atoms with Crippen molar-refractivity contribution in [1.29, 1.82) is 0 Å². The van der Waals surface area contributed by atoms with Crippen LogP contribution >= 0.6 is 0 Å². The third-order valence-electron chi connectivity index (χ3n) is 3.25. The molecule has 1 aliphatic carbocycles. The molecule has 2 fully saturated rings. The standard InChI is InChI=1S/C11H20N2O2/c1-8-6-13(5-4-10(8)14)7-11(15)12-9-2-3-9/h8-10,14H,2-7H2,1H3,(H,12,15). The zero-order valence-corrected chi connectivity index (χ0v) is 9.28. The molecule has 1 saturated carbocycles. The molecule has 0 aromatic heterocycles. The lowest BCUT2D eigenvalue weighted by Crippen LogP contribution is -2.46. The fraction of sp³-hybridized carbons (Fsp3) is 0.909. The van der Waals surface area contributed by atoms with Gasteiger partial charge in [0, 0.05) is 19.1 Å². The van der Waals surface area contributed by atoms with Crippen LogP contribution in [0.2, 0.25) is 0 Å². The van der Waals surface area contributed by atoms with Crippen molar-refractivity contribution in [1.82, 2.24) is 10.2 Å². The molecule has 2 unspecified atom stereocenters. The van der Waals surface area contributed by atoms with Gasteiger partial charge >= 0.3 is 0 Å². The van der Waals surface area contributed by atoms with E-state index in [2.05, 4.69) is 10.2 Å². The number of aliphatic hydroxyl groups excluding tert-OH is 1. The Morgan fingerprint density at radius 1 is 1.47 bits per heavy atom. The van der Waals surface area contributed by atoms with Gasteiger partial charge in [-0.1, -0.05) is 6.92 Å². The summed E-state index contributed by atoms with van der Waals surface area (Å²) in [6.07, 6.45) is 2.88. The van der Waals surface area contributed by atoms with Crippen molar-refractivity contribution >= 4 is 5.91 Å². The molecule has 1 amide bonds. The van der Waals surface area contributed by atoms with E-state index in [0.29, 0.717) is 12.6 Å². The number of hydrogen-bond acceptors (Lipinski definition) is 3. The molecule has 86 valence electrons. The van der Waals surface area contributed by atoms with Crippen molar-refractivity contribution < 1.29 is 9.90 Å². The van der Waals surface area contributed by atoms with Crippen molar-refractivity contribution in [2.75, 3.05) is 19.6 Å². The molecule has 1 heterocycles. The number of piperidine rings is 1. The minimum atomic E-state index is -0.187. The molecule has 0 aromatic carbocycles. The molecule has 0 radical (unpaired) electrons. The number of nitrogens with zero attached hydrogens (tertiary/aromatic N) is 1. The number of hydrogen-bond donors (Lipinski definition) is 2. The van der Waals surface area contributed by atoms with E-state index in [0.717, 1.165) is 32.4 Å². The molecule has 0 aromatic rings. The summed E-state index contributed by atoms with van der Waals surface area (Å²) in [5.74, 6) is 0.425. The maximum Gasteiger partial charge on any atom is 0.234 e. The summed E-state index contributed by atoms with van der Waals surface area (Å²) >= 11 is 0.